The molecule has 1 N–H and O–H groups in total. The van der Waals surface area contributed by atoms with Gasteiger partial charge in [0.15, 0.2) is 0 Å². The summed E-state index contributed by atoms with van der Waals surface area (Å²) < 4.78 is 0. The second kappa shape index (κ2) is 8.62. The van der Waals surface area contributed by atoms with E-state index in [4.69, 9.17) is 5.11 Å². The molecule has 0 spiro atoms. The quantitative estimate of drug-likeness (QED) is 0.875. The molecule has 3 heteroatoms. The lowest BCUT2D eigenvalue weighted by Crippen LogP contribution is -2.24. The smallest absolute Gasteiger partial charge is 0.0447 e. The number of nitrogens with zero attached hydrogens (tertiary/aromatic N) is 1. The fourth-order valence-corrected chi connectivity index (χ4v) is 2.11. The molecule has 2 aromatic carbocycles. The van der Waals surface area contributed by atoms with Crippen molar-refractivity contribution in [1.29, 1.82) is 0 Å². The maximum atomic E-state index is 9.04. The molecule has 0 aliphatic rings. The van der Waals surface area contributed by atoms with E-state index >= 15 is 0 Å². The largest absolute Gasteiger partial charge is 0.396 e. The normalized spacial score (nSPS) is 9.90. The van der Waals surface area contributed by atoms with Crippen LogP contribution in [0.25, 0.3) is 0 Å². The van der Waals surface area contributed by atoms with Crippen molar-refractivity contribution in [2.24, 2.45) is 0 Å². The topological polar surface area (TPSA) is 23.5 Å². The predicted octanol–water partition coefficient (Wildman–Crippen LogP) is 3.81. The third kappa shape index (κ3) is 4.87. The highest BCUT2D eigenvalue weighted by Crippen LogP contribution is 2.17. The van der Waals surface area contributed by atoms with E-state index in [2.05, 4.69) is 60.4 Å². The number of para-hydroxylation sites is 1. The van der Waals surface area contributed by atoms with Gasteiger partial charge in [-0.3, -0.25) is 0 Å². The predicted molar refractivity (Wildman–Crippen MR) is 87.6 cm³/mol. The van der Waals surface area contributed by atoms with Crippen LogP contribution in [0.2, 0.25) is 0 Å². The number of hydrogen-bond donors (Lipinski definition) is 1. The van der Waals surface area contributed by atoms with Gasteiger partial charge in [-0.15, -0.1) is 12.4 Å². The molecule has 0 radical (unpaired) electrons. The number of benzene rings is 2. The molecule has 108 valence electrons. The van der Waals surface area contributed by atoms with Crippen LogP contribution in [0, 0.1) is 6.92 Å². The van der Waals surface area contributed by atoms with Gasteiger partial charge in [-0.05, 0) is 31.0 Å². The number of anilines is 1. The minimum atomic E-state index is 0. The Balaban J connectivity index is 0.00000200. The second-order valence-corrected chi connectivity index (χ2v) is 4.82. The van der Waals surface area contributed by atoms with Gasteiger partial charge >= 0.3 is 0 Å². The van der Waals surface area contributed by atoms with Gasteiger partial charge in [0.2, 0.25) is 0 Å². The average molecular weight is 292 g/mol. The first-order valence-corrected chi connectivity index (χ1v) is 6.76. The van der Waals surface area contributed by atoms with Crippen LogP contribution in [0.3, 0.4) is 0 Å². The summed E-state index contributed by atoms with van der Waals surface area (Å²) >= 11 is 0. The SMILES string of the molecule is Cc1ccc(CN(CCCO)c2ccccc2)cc1.Cl. The van der Waals surface area contributed by atoms with Gasteiger partial charge in [0, 0.05) is 25.4 Å². The van der Waals surface area contributed by atoms with Crippen LogP contribution >= 0.6 is 12.4 Å². The van der Waals surface area contributed by atoms with Crippen molar-refractivity contribution < 1.29 is 5.11 Å². The highest BCUT2D eigenvalue weighted by molar-refractivity contribution is 5.85. The molecule has 2 rings (SSSR count). The molecule has 0 aromatic heterocycles. The Bertz CT molecular complexity index is 484. The average Bonchev–Trinajstić information content (AvgIpc) is 2.46. The van der Waals surface area contributed by atoms with E-state index in [0.29, 0.717) is 0 Å². The summed E-state index contributed by atoms with van der Waals surface area (Å²) in [6.45, 7) is 4.08. The molecule has 0 bridgehead atoms. The van der Waals surface area contributed by atoms with Crippen molar-refractivity contribution in [3.63, 3.8) is 0 Å². The zero-order valence-corrected chi connectivity index (χ0v) is 12.6. The molecular formula is C17H22ClNO. The molecule has 0 unspecified atom stereocenters. The summed E-state index contributed by atoms with van der Waals surface area (Å²) in [7, 11) is 0. The Kier molecular flexibility index (Phi) is 7.13. The van der Waals surface area contributed by atoms with E-state index in [1.807, 2.05) is 6.07 Å². The molecule has 0 saturated heterocycles. The van der Waals surface area contributed by atoms with Crippen LogP contribution in [0.15, 0.2) is 54.6 Å². The Morgan fingerprint density at radius 1 is 0.950 bits per heavy atom. The summed E-state index contributed by atoms with van der Waals surface area (Å²) in [5.41, 5.74) is 3.79. The number of rotatable bonds is 6. The fraction of sp³-hybridized carbons (Fsp3) is 0.294. The highest BCUT2D eigenvalue weighted by atomic mass is 35.5. The van der Waals surface area contributed by atoms with Crippen molar-refractivity contribution in [3.05, 3.63) is 65.7 Å². The fourth-order valence-electron chi connectivity index (χ4n) is 2.11. The first-order valence-electron chi connectivity index (χ1n) is 6.76. The molecule has 0 heterocycles. The summed E-state index contributed by atoms with van der Waals surface area (Å²) in [5.74, 6) is 0. The number of aliphatic hydroxyl groups excluding tert-OH is 1. The first kappa shape index (κ1) is 16.5. The van der Waals surface area contributed by atoms with Crippen LogP contribution < -0.4 is 4.90 Å². The van der Waals surface area contributed by atoms with Gasteiger partial charge < -0.3 is 10.0 Å². The molecule has 2 nitrogen and oxygen atoms in total. The van der Waals surface area contributed by atoms with Gasteiger partial charge in [0.25, 0.3) is 0 Å². The van der Waals surface area contributed by atoms with Gasteiger partial charge in [0.1, 0.15) is 0 Å². The molecule has 2 aromatic rings. The molecule has 0 aliphatic heterocycles. The van der Waals surface area contributed by atoms with Gasteiger partial charge in [-0.1, -0.05) is 48.0 Å². The van der Waals surface area contributed by atoms with Crippen molar-refractivity contribution in [1.82, 2.24) is 0 Å². The second-order valence-electron chi connectivity index (χ2n) is 4.82. The first-order chi connectivity index (χ1) is 9.29. The van der Waals surface area contributed by atoms with E-state index in [-0.39, 0.29) is 19.0 Å². The Morgan fingerprint density at radius 3 is 2.20 bits per heavy atom. The third-order valence-electron chi connectivity index (χ3n) is 3.20. The summed E-state index contributed by atoms with van der Waals surface area (Å²) in [6.07, 6.45) is 0.792. The van der Waals surface area contributed by atoms with Gasteiger partial charge in [0.05, 0.1) is 0 Å². The van der Waals surface area contributed by atoms with Gasteiger partial charge in [-0.2, -0.15) is 0 Å². The molecule has 0 aliphatic carbocycles. The molecule has 0 fully saturated rings. The van der Waals surface area contributed by atoms with Crippen LogP contribution in [0.4, 0.5) is 5.69 Å². The minimum Gasteiger partial charge on any atom is -0.396 e. The Hall–Kier alpha value is -1.51. The van der Waals surface area contributed by atoms with E-state index < -0.39 is 0 Å². The zero-order chi connectivity index (χ0) is 13.5. The molecule has 0 saturated carbocycles. The van der Waals surface area contributed by atoms with E-state index in [1.54, 1.807) is 0 Å². The van der Waals surface area contributed by atoms with E-state index in [9.17, 15) is 0 Å². The number of aryl methyl sites for hydroxylation is 1. The summed E-state index contributed by atoms with van der Waals surface area (Å²) in [6, 6.07) is 19.0. The van der Waals surface area contributed by atoms with E-state index in [1.165, 1.54) is 16.8 Å². The van der Waals surface area contributed by atoms with Crippen molar-refractivity contribution in [2.45, 2.75) is 19.9 Å². The lowest BCUT2D eigenvalue weighted by Gasteiger charge is -2.24. The molecular weight excluding hydrogens is 270 g/mol. The van der Waals surface area contributed by atoms with Crippen molar-refractivity contribution in [3.8, 4) is 0 Å². The zero-order valence-electron chi connectivity index (χ0n) is 11.8. The van der Waals surface area contributed by atoms with Crippen LogP contribution in [-0.4, -0.2) is 18.3 Å². The van der Waals surface area contributed by atoms with Crippen molar-refractivity contribution >= 4 is 18.1 Å². The molecule has 0 atom stereocenters. The lowest BCUT2D eigenvalue weighted by molar-refractivity contribution is 0.289. The summed E-state index contributed by atoms with van der Waals surface area (Å²) in [4.78, 5) is 2.31. The Labute approximate surface area is 127 Å². The van der Waals surface area contributed by atoms with Crippen LogP contribution in [0.5, 0.6) is 0 Å². The molecule has 20 heavy (non-hydrogen) atoms. The number of hydrogen-bond acceptors (Lipinski definition) is 2. The van der Waals surface area contributed by atoms with Crippen LogP contribution in [0.1, 0.15) is 17.5 Å². The minimum absolute atomic E-state index is 0. The summed E-state index contributed by atoms with van der Waals surface area (Å²) in [5, 5.41) is 9.04. The lowest BCUT2D eigenvalue weighted by atomic mass is 10.1. The maximum absolute atomic E-state index is 9.04. The highest BCUT2D eigenvalue weighted by Gasteiger charge is 2.06. The molecule has 0 amide bonds. The monoisotopic (exact) mass is 291 g/mol. The van der Waals surface area contributed by atoms with Crippen LogP contribution in [-0.2, 0) is 6.54 Å². The van der Waals surface area contributed by atoms with Crippen molar-refractivity contribution in [2.75, 3.05) is 18.1 Å². The number of aliphatic hydroxyl groups is 1. The maximum Gasteiger partial charge on any atom is 0.0447 e. The standard InChI is InChI=1S/C17H21NO.ClH/c1-15-8-10-16(11-9-15)14-18(12-5-13-19)17-6-3-2-4-7-17;/h2-4,6-11,19H,5,12-14H2,1H3;1H. The number of halogens is 1. The Morgan fingerprint density at radius 2 is 1.60 bits per heavy atom. The van der Waals surface area contributed by atoms with Gasteiger partial charge in [-0.25, -0.2) is 0 Å². The third-order valence-corrected chi connectivity index (χ3v) is 3.20. The van der Waals surface area contributed by atoms with E-state index in [0.717, 1.165) is 19.5 Å².